The van der Waals surface area contributed by atoms with Gasteiger partial charge in [-0.05, 0) is 74.8 Å². The van der Waals surface area contributed by atoms with E-state index in [1.54, 1.807) is 18.2 Å². The molecule has 2 aliphatic heterocycles. The van der Waals surface area contributed by atoms with Crippen LogP contribution in [-0.4, -0.2) is 47.9 Å². The van der Waals surface area contributed by atoms with Gasteiger partial charge < -0.3 is 9.64 Å². The molecule has 1 saturated heterocycles. The molecule has 1 aromatic heterocycles. The number of nitrogens with one attached hydrogen (secondary N) is 1. The zero-order chi connectivity index (χ0) is 27.0. The SMILES string of the molecule is Cc1cccc(C)c1-c1cc2nc(n1)NS(=O)(=O)c1cccc(c1)C(=O)N1C[C@@H](CCCC1CC(C)C)O2. The van der Waals surface area contributed by atoms with E-state index >= 15 is 0 Å². The van der Waals surface area contributed by atoms with Crippen LogP contribution in [0, 0.1) is 19.8 Å². The van der Waals surface area contributed by atoms with Crippen LogP contribution >= 0.6 is 0 Å². The Labute approximate surface area is 224 Å². The van der Waals surface area contributed by atoms with Gasteiger partial charge in [-0.15, -0.1) is 0 Å². The standard InChI is InChI=1S/C29H34N4O4S/c1-18(2)14-22-11-7-12-23-17-33(22)28(34)21-10-6-13-24(15-21)38(35,36)32-29-30-25(16-26(31-29)37-23)27-19(3)8-5-9-20(27)4/h5-6,8-10,13,15-16,18,22-23H,7,11-12,14,17H2,1-4H3,(H,30,31,32)/t22?,23-/m1/s1. The first kappa shape index (κ1) is 26.2. The molecule has 0 saturated carbocycles. The number of fused-ring (bicyclic) bond motifs is 6. The van der Waals surface area contributed by atoms with Gasteiger partial charge in [-0.3, -0.25) is 4.79 Å². The lowest BCUT2D eigenvalue weighted by atomic mass is 9.98. The predicted octanol–water partition coefficient (Wildman–Crippen LogP) is 5.36. The topological polar surface area (TPSA) is 101 Å². The molecule has 9 heteroatoms. The summed E-state index contributed by atoms with van der Waals surface area (Å²) < 4.78 is 35.7. The van der Waals surface area contributed by atoms with Gasteiger partial charge in [0.05, 0.1) is 17.1 Å². The highest BCUT2D eigenvalue weighted by atomic mass is 32.2. The maximum atomic E-state index is 13.8. The Morgan fingerprint density at radius 3 is 2.53 bits per heavy atom. The zero-order valence-electron chi connectivity index (χ0n) is 22.3. The number of hydrogen-bond donors (Lipinski definition) is 1. The molecule has 38 heavy (non-hydrogen) atoms. The highest BCUT2D eigenvalue weighted by Crippen LogP contribution is 2.32. The van der Waals surface area contributed by atoms with Crippen LogP contribution < -0.4 is 9.46 Å². The number of anilines is 1. The fourth-order valence-corrected chi connectivity index (χ4v) is 6.51. The highest BCUT2D eigenvalue weighted by Gasteiger charge is 2.33. The number of rotatable bonds is 3. The van der Waals surface area contributed by atoms with Crippen molar-refractivity contribution in [1.29, 1.82) is 0 Å². The number of nitrogens with zero attached hydrogens (tertiary/aromatic N) is 3. The average Bonchev–Trinajstić information content (AvgIpc) is 3.04. The molecular weight excluding hydrogens is 500 g/mol. The number of aryl methyl sites for hydroxylation is 2. The minimum Gasteiger partial charge on any atom is -0.472 e. The summed E-state index contributed by atoms with van der Waals surface area (Å²) in [6, 6.07) is 14.0. The largest absolute Gasteiger partial charge is 0.472 e. The van der Waals surface area contributed by atoms with Gasteiger partial charge in [-0.25, -0.2) is 18.1 Å². The smallest absolute Gasteiger partial charge is 0.264 e. The second-order valence-electron chi connectivity index (χ2n) is 10.7. The molecular formula is C29H34N4O4S. The number of carbonyl (C=O) groups is 1. The quantitative estimate of drug-likeness (QED) is 0.485. The van der Waals surface area contributed by atoms with Gasteiger partial charge in [0, 0.05) is 23.2 Å². The molecule has 8 nitrogen and oxygen atoms in total. The van der Waals surface area contributed by atoms with Crippen LogP contribution in [0.4, 0.5) is 5.95 Å². The van der Waals surface area contributed by atoms with E-state index < -0.39 is 10.0 Å². The summed E-state index contributed by atoms with van der Waals surface area (Å²) in [6.07, 6.45) is 3.13. The average molecular weight is 535 g/mol. The number of aromatic nitrogens is 2. The van der Waals surface area contributed by atoms with E-state index in [1.807, 2.05) is 36.9 Å². The first-order valence-electron chi connectivity index (χ1n) is 13.2. The summed E-state index contributed by atoms with van der Waals surface area (Å²) in [7, 11) is -4.06. The van der Waals surface area contributed by atoms with Gasteiger partial charge in [-0.2, -0.15) is 4.98 Å². The molecule has 200 valence electrons. The van der Waals surface area contributed by atoms with Crippen LogP contribution in [0.25, 0.3) is 11.3 Å². The lowest BCUT2D eigenvalue weighted by Crippen LogP contribution is -2.44. The van der Waals surface area contributed by atoms with E-state index in [-0.39, 0.29) is 34.8 Å². The molecule has 1 amide bonds. The van der Waals surface area contributed by atoms with E-state index in [2.05, 4.69) is 28.5 Å². The maximum Gasteiger partial charge on any atom is 0.264 e. The zero-order valence-corrected chi connectivity index (χ0v) is 23.1. The Bertz CT molecular complexity index is 1450. The lowest BCUT2D eigenvalue weighted by molar-refractivity contribution is 0.0562. The Balaban J connectivity index is 1.67. The fourth-order valence-electron chi connectivity index (χ4n) is 5.52. The second-order valence-corrected chi connectivity index (χ2v) is 12.4. The Kier molecular flexibility index (Phi) is 7.13. The molecule has 6 bridgehead atoms. The molecule has 3 aromatic rings. The number of hydrogen-bond acceptors (Lipinski definition) is 6. The summed E-state index contributed by atoms with van der Waals surface area (Å²) in [5, 5.41) is 0. The van der Waals surface area contributed by atoms with Gasteiger partial charge in [0.1, 0.15) is 6.10 Å². The van der Waals surface area contributed by atoms with E-state index in [0.29, 0.717) is 23.7 Å². The van der Waals surface area contributed by atoms with Crippen molar-refractivity contribution in [3.63, 3.8) is 0 Å². The Hall–Kier alpha value is -3.46. The molecule has 2 atom stereocenters. The van der Waals surface area contributed by atoms with Crippen molar-refractivity contribution in [2.24, 2.45) is 5.92 Å². The fraction of sp³-hybridized carbons (Fsp3) is 0.414. The first-order chi connectivity index (χ1) is 18.1. The second kappa shape index (κ2) is 10.4. The van der Waals surface area contributed by atoms with E-state index in [0.717, 1.165) is 42.4 Å². The van der Waals surface area contributed by atoms with E-state index in [9.17, 15) is 13.2 Å². The third-order valence-electron chi connectivity index (χ3n) is 7.25. The molecule has 0 aliphatic carbocycles. The van der Waals surface area contributed by atoms with Crippen LogP contribution in [-0.2, 0) is 10.0 Å². The van der Waals surface area contributed by atoms with Gasteiger partial charge >= 0.3 is 0 Å². The van der Waals surface area contributed by atoms with Crippen molar-refractivity contribution in [3.8, 4) is 17.1 Å². The van der Waals surface area contributed by atoms with Gasteiger partial charge in [0.2, 0.25) is 11.8 Å². The normalized spacial score (nSPS) is 20.9. The van der Waals surface area contributed by atoms with Gasteiger partial charge in [0.15, 0.2) is 0 Å². The van der Waals surface area contributed by atoms with E-state index in [4.69, 9.17) is 4.74 Å². The summed E-state index contributed by atoms with van der Waals surface area (Å²) in [4.78, 5) is 24.7. The molecule has 1 N–H and O–H groups in total. The molecule has 5 rings (SSSR count). The molecule has 3 heterocycles. The molecule has 0 radical (unpaired) electrons. The maximum absolute atomic E-state index is 13.8. The monoisotopic (exact) mass is 534 g/mol. The Morgan fingerprint density at radius 1 is 1.05 bits per heavy atom. The molecule has 0 spiro atoms. The number of carbonyl (C=O) groups excluding carboxylic acids is 1. The van der Waals surface area contributed by atoms with Crippen molar-refractivity contribution >= 4 is 21.9 Å². The molecule has 1 fully saturated rings. The highest BCUT2D eigenvalue weighted by molar-refractivity contribution is 7.92. The van der Waals surface area contributed by atoms with Crippen molar-refractivity contribution in [1.82, 2.24) is 14.9 Å². The van der Waals surface area contributed by atoms with Crippen molar-refractivity contribution in [2.75, 3.05) is 11.3 Å². The first-order valence-corrected chi connectivity index (χ1v) is 14.6. The number of benzene rings is 2. The minimum absolute atomic E-state index is 0.0158. The lowest BCUT2D eigenvalue weighted by Gasteiger charge is -2.33. The summed E-state index contributed by atoms with van der Waals surface area (Å²) in [5.74, 6) is 0.437. The van der Waals surface area contributed by atoms with Crippen molar-refractivity contribution in [3.05, 3.63) is 65.2 Å². The van der Waals surface area contributed by atoms with Crippen LogP contribution in [0.5, 0.6) is 5.88 Å². The summed E-state index contributed by atoms with van der Waals surface area (Å²) in [5.41, 5.74) is 3.84. The molecule has 2 aliphatic rings. The predicted molar refractivity (Wildman–Crippen MR) is 147 cm³/mol. The van der Waals surface area contributed by atoms with Crippen LogP contribution in [0.1, 0.15) is 61.0 Å². The van der Waals surface area contributed by atoms with Crippen LogP contribution in [0.15, 0.2) is 53.4 Å². The van der Waals surface area contributed by atoms with E-state index in [1.165, 1.54) is 12.1 Å². The third-order valence-corrected chi connectivity index (χ3v) is 8.58. The van der Waals surface area contributed by atoms with Crippen molar-refractivity contribution in [2.45, 2.75) is 70.4 Å². The molecule has 2 aromatic carbocycles. The molecule has 1 unspecified atom stereocenters. The van der Waals surface area contributed by atoms with Crippen molar-refractivity contribution < 1.29 is 17.9 Å². The van der Waals surface area contributed by atoms with Gasteiger partial charge in [0.25, 0.3) is 15.9 Å². The number of ether oxygens (including phenoxy) is 1. The minimum atomic E-state index is -4.06. The summed E-state index contributed by atoms with van der Waals surface area (Å²) >= 11 is 0. The van der Waals surface area contributed by atoms with Gasteiger partial charge in [-0.1, -0.05) is 38.1 Å². The van der Waals surface area contributed by atoms with Crippen LogP contribution in [0.3, 0.4) is 0 Å². The summed E-state index contributed by atoms with van der Waals surface area (Å²) in [6.45, 7) is 8.69. The number of amides is 1. The Morgan fingerprint density at radius 2 is 1.79 bits per heavy atom. The third kappa shape index (κ3) is 5.38. The van der Waals surface area contributed by atoms with Crippen LogP contribution in [0.2, 0.25) is 0 Å². The number of sulfonamides is 1.